The van der Waals surface area contributed by atoms with Gasteiger partial charge in [0.15, 0.2) is 11.2 Å². The molecule has 2 atom stereocenters. The number of aliphatic carboxylic acids is 1. The predicted molar refractivity (Wildman–Crippen MR) is 155 cm³/mol. The molecule has 0 bridgehead atoms. The Labute approximate surface area is 244 Å². The van der Waals surface area contributed by atoms with Crippen molar-refractivity contribution in [2.24, 2.45) is 0 Å². The lowest BCUT2D eigenvalue weighted by molar-refractivity contribution is -0.144. The highest BCUT2D eigenvalue weighted by Gasteiger charge is 2.25. The molecule has 0 saturated heterocycles. The van der Waals surface area contributed by atoms with Crippen molar-refractivity contribution in [3.8, 4) is 5.88 Å². The summed E-state index contributed by atoms with van der Waals surface area (Å²) < 4.78 is 4.71. The number of carbonyl (C=O) groups is 4. The largest absolute Gasteiger partial charge is 0.492 e. The third-order valence-electron chi connectivity index (χ3n) is 5.68. The van der Waals surface area contributed by atoms with Crippen molar-refractivity contribution in [3.63, 3.8) is 0 Å². The molecule has 3 rings (SSSR count). The normalized spacial score (nSPS) is 12.1. The average Bonchev–Trinajstić information content (AvgIpc) is 2.97. The topological polar surface area (TPSA) is 232 Å². The molecule has 7 N–H and O–H groups in total. The van der Waals surface area contributed by atoms with Gasteiger partial charge in [0, 0.05) is 29.2 Å². The maximum atomic E-state index is 12.7. The van der Waals surface area contributed by atoms with Crippen molar-refractivity contribution < 1.29 is 34.1 Å². The van der Waals surface area contributed by atoms with Gasteiger partial charge in [0.2, 0.25) is 17.7 Å². The first kappa shape index (κ1) is 31.5. The van der Waals surface area contributed by atoms with Gasteiger partial charge in [-0.05, 0) is 30.7 Å². The first-order chi connectivity index (χ1) is 20.1. The molecule has 2 heterocycles. The molecule has 3 aromatic rings. The Morgan fingerprint density at radius 3 is 2.52 bits per heavy atom. The van der Waals surface area contributed by atoms with Crippen molar-refractivity contribution in [2.45, 2.75) is 31.5 Å². The SMILES string of the molecule is C=CCSCC(NC(=O)CC[C@H](NC(=O)c1ccc(NCc2cnc3nc(N)nc(O)c3n2)cc1)C(=O)O)C(=O)OC. The van der Waals surface area contributed by atoms with Crippen molar-refractivity contribution in [3.05, 3.63) is 54.4 Å². The Kier molecular flexibility index (Phi) is 11.4. The van der Waals surface area contributed by atoms with Gasteiger partial charge in [0.05, 0.1) is 25.5 Å². The van der Waals surface area contributed by atoms with Crippen LogP contribution in [0.3, 0.4) is 0 Å². The number of methoxy groups -OCH3 is 1. The quantitative estimate of drug-likeness (QED) is 0.0809. The molecule has 1 unspecified atom stereocenters. The molecule has 222 valence electrons. The highest BCUT2D eigenvalue weighted by molar-refractivity contribution is 7.99. The van der Waals surface area contributed by atoms with Crippen LogP contribution in [0.25, 0.3) is 11.2 Å². The second-order valence-corrected chi connectivity index (χ2v) is 9.82. The molecule has 0 aliphatic heterocycles. The summed E-state index contributed by atoms with van der Waals surface area (Å²) >= 11 is 1.37. The van der Waals surface area contributed by atoms with Crippen LogP contribution in [-0.2, 0) is 25.7 Å². The number of hydrogen-bond acceptors (Lipinski definition) is 13. The lowest BCUT2D eigenvalue weighted by atomic mass is 10.1. The molecule has 16 heteroatoms. The maximum Gasteiger partial charge on any atom is 0.329 e. The van der Waals surface area contributed by atoms with Crippen molar-refractivity contribution in [1.29, 1.82) is 0 Å². The Hall–Kier alpha value is -4.99. The molecular weight excluding hydrogens is 568 g/mol. The predicted octanol–water partition coefficient (Wildman–Crippen LogP) is 0.860. The van der Waals surface area contributed by atoms with Gasteiger partial charge in [-0.15, -0.1) is 6.58 Å². The van der Waals surface area contributed by atoms with Gasteiger partial charge in [0.25, 0.3) is 5.91 Å². The number of nitrogens with zero attached hydrogens (tertiary/aromatic N) is 4. The molecule has 0 radical (unpaired) electrons. The summed E-state index contributed by atoms with van der Waals surface area (Å²) in [7, 11) is 1.21. The van der Waals surface area contributed by atoms with Crippen molar-refractivity contribution in [2.75, 3.05) is 29.7 Å². The number of carboxylic acid groups (broad SMARTS) is 1. The van der Waals surface area contributed by atoms with E-state index in [4.69, 9.17) is 10.5 Å². The van der Waals surface area contributed by atoms with Crippen LogP contribution in [0, 0.1) is 0 Å². The molecule has 15 nitrogen and oxygen atoms in total. The molecule has 0 aliphatic rings. The number of fused-ring (bicyclic) bond motifs is 1. The number of ether oxygens (including phenoxy) is 1. The lowest BCUT2D eigenvalue weighted by Gasteiger charge is -2.18. The number of rotatable bonds is 15. The Bertz CT molecular complexity index is 1450. The summed E-state index contributed by atoms with van der Waals surface area (Å²) in [5.41, 5.74) is 7.06. The zero-order valence-corrected chi connectivity index (χ0v) is 23.4. The van der Waals surface area contributed by atoms with Gasteiger partial charge in [-0.25, -0.2) is 19.6 Å². The molecule has 0 aliphatic carbocycles. The number of aromatic nitrogens is 4. The number of nitrogens with one attached hydrogen (secondary N) is 3. The van der Waals surface area contributed by atoms with E-state index in [2.05, 4.69) is 42.5 Å². The zero-order valence-electron chi connectivity index (χ0n) is 22.6. The van der Waals surface area contributed by atoms with E-state index in [1.165, 1.54) is 37.2 Å². The van der Waals surface area contributed by atoms with Crippen LogP contribution in [0.15, 0.2) is 43.1 Å². The first-order valence-corrected chi connectivity index (χ1v) is 13.7. The third kappa shape index (κ3) is 9.02. The number of hydrogen-bond donors (Lipinski definition) is 6. The minimum Gasteiger partial charge on any atom is -0.492 e. The number of thioether (sulfide) groups is 1. The molecule has 2 aromatic heterocycles. The van der Waals surface area contributed by atoms with Gasteiger partial charge in [-0.1, -0.05) is 6.08 Å². The second kappa shape index (κ2) is 15.1. The van der Waals surface area contributed by atoms with Crippen LogP contribution in [0.5, 0.6) is 5.88 Å². The van der Waals surface area contributed by atoms with Crippen molar-refractivity contribution >= 4 is 58.3 Å². The fourth-order valence-electron chi connectivity index (χ4n) is 3.58. The fourth-order valence-corrected chi connectivity index (χ4v) is 4.34. The average molecular weight is 599 g/mol. The van der Waals surface area contributed by atoms with E-state index in [0.717, 1.165) is 0 Å². The van der Waals surface area contributed by atoms with Crippen LogP contribution in [0.1, 0.15) is 28.9 Å². The summed E-state index contributed by atoms with van der Waals surface area (Å²) in [6.45, 7) is 3.82. The van der Waals surface area contributed by atoms with E-state index in [1.54, 1.807) is 18.2 Å². The summed E-state index contributed by atoms with van der Waals surface area (Å²) in [6.07, 6.45) is 2.69. The highest BCUT2D eigenvalue weighted by Crippen LogP contribution is 2.19. The molecule has 0 saturated carbocycles. The van der Waals surface area contributed by atoms with Crippen LogP contribution < -0.4 is 21.7 Å². The van der Waals surface area contributed by atoms with Gasteiger partial charge in [-0.3, -0.25) is 9.59 Å². The van der Waals surface area contributed by atoms with Gasteiger partial charge in [0.1, 0.15) is 12.1 Å². The minimum absolute atomic E-state index is 0.104. The zero-order chi connectivity index (χ0) is 30.6. The Morgan fingerprint density at radius 2 is 1.86 bits per heavy atom. The first-order valence-electron chi connectivity index (χ1n) is 12.5. The molecule has 2 amide bonds. The minimum atomic E-state index is -1.34. The number of esters is 1. The molecule has 42 heavy (non-hydrogen) atoms. The fraction of sp³-hybridized carbons (Fsp3) is 0.308. The van der Waals surface area contributed by atoms with E-state index in [1.807, 2.05) is 0 Å². The number of amides is 2. The molecule has 0 fully saturated rings. The van der Waals surface area contributed by atoms with Crippen LogP contribution in [-0.4, -0.2) is 84.6 Å². The van der Waals surface area contributed by atoms with E-state index < -0.39 is 35.8 Å². The standard InChI is InChI=1S/C26H30N8O7S/c1-3-10-42-13-18(25(40)41-2)31-19(35)9-8-17(24(38)39)32-22(36)14-4-6-15(7-5-14)28-11-16-12-29-21-20(30-16)23(37)34-26(27)33-21/h3-7,12,17-18,28H,1,8-11,13H2,2H3,(H,31,35)(H,32,36)(H,38,39)(H3,27,29,33,34,37)/t17-,18?/m0/s1. The summed E-state index contributed by atoms with van der Waals surface area (Å²) in [6, 6.07) is 4.00. The van der Waals surface area contributed by atoms with Crippen LogP contribution in [0.2, 0.25) is 0 Å². The van der Waals surface area contributed by atoms with Crippen molar-refractivity contribution in [1.82, 2.24) is 30.6 Å². The van der Waals surface area contributed by atoms with Crippen LogP contribution >= 0.6 is 11.8 Å². The number of carboxylic acids is 1. The van der Waals surface area contributed by atoms with E-state index in [9.17, 15) is 29.4 Å². The number of benzene rings is 1. The molecular formula is C26H30N8O7S. The van der Waals surface area contributed by atoms with E-state index >= 15 is 0 Å². The van der Waals surface area contributed by atoms with E-state index in [-0.39, 0.29) is 53.7 Å². The Morgan fingerprint density at radius 1 is 1.12 bits per heavy atom. The van der Waals surface area contributed by atoms with E-state index in [0.29, 0.717) is 17.1 Å². The number of anilines is 2. The number of nitrogens with two attached hydrogens (primary N) is 1. The number of carbonyl (C=O) groups excluding carboxylic acids is 3. The Balaban J connectivity index is 1.53. The number of nitrogen functional groups attached to an aromatic ring is 1. The highest BCUT2D eigenvalue weighted by atomic mass is 32.2. The smallest absolute Gasteiger partial charge is 0.329 e. The van der Waals surface area contributed by atoms with Gasteiger partial charge >= 0.3 is 11.9 Å². The lowest BCUT2D eigenvalue weighted by Crippen LogP contribution is -2.45. The van der Waals surface area contributed by atoms with Crippen LogP contribution in [0.4, 0.5) is 11.6 Å². The van der Waals surface area contributed by atoms with Gasteiger partial charge in [-0.2, -0.15) is 21.7 Å². The number of aromatic hydroxyl groups is 1. The monoisotopic (exact) mass is 598 g/mol. The summed E-state index contributed by atoms with van der Waals surface area (Å²) in [5.74, 6) is -2.79. The summed E-state index contributed by atoms with van der Waals surface area (Å²) in [5, 5.41) is 27.5. The molecule has 0 spiro atoms. The van der Waals surface area contributed by atoms with Gasteiger partial charge < -0.3 is 36.6 Å². The maximum absolute atomic E-state index is 12.7. The second-order valence-electron chi connectivity index (χ2n) is 8.74. The summed E-state index contributed by atoms with van der Waals surface area (Å²) in [4.78, 5) is 64.7. The molecule has 1 aromatic carbocycles. The third-order valence-corrected chi connectivity index (χ3v) is 6.72.